The molecular formula is C23H29N5O2. The lowest BCUT2D eigenvalue weighted by Crippen LogP contribution is -2.42. The maximum Gasteiger partial charge on any atom is 0.254 e. The van der Waals surface area contributed by atoms with E-state index < -0.39 is 0 Å². The van der Waals surface area contributed by atoms with Crippen molar-refractivity contribution in [3.05, 3.63) is 57.5 Å². The van der Waals surface area contributed by atoms with Gasteiger partial charge in [0.15, 0.2) is 0 Å². The average Bonchev–Trinajstić information content (AvgIpc) is 3.50. The summed E-state index contributed by atoms with van der Waals surface area (Å²) in [5, 5.41) is 0. The second-order valence-electron chi connectivity index (χ2n) is 9.06. The van der Waals surface area contributed by atoms with Crippen LogP contribution in [0.15, 0.2) is 29.3 Å². The zero-order valence-electron chi connectivity index (χ0n) is 17.5. The molecule has 3 unspecified atom stereocenters. The molecule has 2 fully saturated rings. The van der Waals surface area contributed by atoms with Crippen LogP contribution in [0.3, 0.4) is 0 Å². The van der Waals surface area contributed by atoms with Gasteiger partial charge in [0.05, 0.1) is 11.7 Å². The van der Waals surface area contributed by atoms with Crippen molar-refractivity contribution in [2.45, 2.75) is 58.2 Å². The fraction of sp³-hybridized carbons (Fsp3) is 0.565. The number of aromatic nitrogens is 3. The molecule has 0 radical (unpaired) electrons. The molecule has 30 heavy (non-hydrogen) atoms. The molecular weight excluding hydrogens is 378 g/mol. The molecule has 2 aromatic rings. The Bertz CT molecular complexity index is 989. The van der Waals surface area contributed by atoms with Crippen LogP contribution in [0.25, 0.3) is 0 Å². The Hall–Kier alpha value is -2.54. The topological polar surface area (TPSA) is 82.2 Å². The highest BCUT2D eigenvalue weighted by molar-refractivity contribution is 5.82. The van der Waals surface area contributed by atoms with E-state index in [0.717, 1.165) is 56.6 Å². The number of piperidine rings is 1. The van der Waals surface area contributed by atoms with E-state index in [4.69, 9.17) is 4.98 Å². The highest BCUT2D eigenvalue weighted by Gasteiger charge is 2.44. The number of hydrogen-bond acceptors (Lipinski definition) is 5. The normalized spacial score (nSPS) is 26.3. The van der Waals surface area contributed by atoms with Gasteiger partial charge >= 0.3 is 0 Å². The van der Waals surface area contributed by atoms with E-state index >= 15 is 0 Å². The minimum atomic E-state index is -0.104. The van der Waals surface area contributed by atoms with E-state index in [2.05, 4.69) is 21.8 Å². The smallest absolute Gasteiger partial charge is 0.254 e. The number of pyridine rings is 1. The van der Waals surface area contributed by atoms with E-state index in [9.17, 15) is 9.59 Å². The lowest BCUT2D eigenvalue weighted by Gasteiger charge is -2.36. The number of H-pyrrole nitrogens is 1. The van der Waals surface area contributed by atoms with Crippen LogP contribution in [0.4, 0.5) is 0 Å². The highest BCUT2D eigenvalue weighted by atomic mass is 16.2. The Labute approximate surface area is 176 Å². The number of fused-ring (bicyclic) bond motifs is 1. The lowest BCUT2D eigenvalue weighted by molar-refractivity contribution is -0.137. The molecule has 158 valence electrons. The Kier molecular flexibility index (Phi) is 5.15. The summed E-state index contributed by atoms with van der Waals surface area (Å²) in [6.07, 6.45) is 8.26. The van der Waals surface area contributed by atoms with E-state index in [1.165, 1.54) is 5.56 Å². The molecule has 0 aromatic carbocycles. The zero-order valence-corrected chi connectivity index (χ0v) is 17.5. The van der Waals surface area contributed by atoms with E-state index in [1.54, 1.807) is 0 Å². The SMILES string of the molecule is CC1CC1C(=O)N1CCCCC1c1nc2c(c(=O)[nH]1)CCN(Cc1ccncc1)C2. The van der Waals surface area contributed by atoms with Gasteiger partial charge in [-0.05, 0) is 55.7 Å². The van der Waals surface area contributed by atoms with Crippen molar-refractivity contribution in [1.29, 1.82) is 0 Å². The first kappa shape index (κ1) is 19.4. The second-order valence-corrected chi connectivity index (χ2v) is 9.06. The van der Waals surface area contributed by atoms with Gasteiger partial charge in [-0.2, -0.15) is 0 Å². The van der Waals surface area contributed by atoms with Crippen molar-refractivity contribution in [3.8, 4) is 0 Å². The van der Waals surface area contributed by atoms with E-state index in [0.29, 0.717) is 24.7 Å². The predicted molar refractivity (Wildman–Crippen MR) is 112 cm³/mol. The van der Waals surface area contributed by atoms with Crippen LogP contribution in [-0.4, -0.2) is 43.7 Å². The molecule has 7 heteroatoms. The van der Waals surface area contributed by atoms with Crippen LogP contribution in [0.2, 0.25) is 0 Å². The minimum Gasteiger partial charge on any atom is -0.332 e. The summed E-state index contributed by atoms with van der Waals surface area (Å²) in [6.45, 7) is 5.22. The summed E-state index contributed by atoms with van der Waals surface area (Å²) < 4.78 is 0. The number of amides is 1. The fourth-order valence-electron chi connectivity index (χ4n) is 4.91. The quantitative estimate of drug-likeness (QED) is 0.842. The summed E-state index contributed by atoms with van der Waals surface area (Å²) in [4.78, 5) is 42.2. The number of rotatable bonds is 4. The van der Waals surface area contributed by atoms with Crippen molar-refractivity contribution >= 4 is 5.91 Å². The van der Waals surface area contributed by atoms with Crippen LogP contribution >= 0.6 is 0 Å². The van der Waals surface area contributed by atoms with Gasteiger partial charge in [-0.1, -0.05) is 6.92 Å². The molecule has 4 heterocycles. The fourth-order valence-corrected chi connectivity index (χ4v) is 4.91. The van der Waals surface area contributed by atoms with Gasteiger partial charge in [-0.25, -0.2) is 4.98 Å². The van der Waals surface area contributed by atoms with Crippen molar-refractivity contribution in [1.82, 2.24) is 24.8 Å². The number of likely N-dealkylation sites (tertiary alicyclic amines) is 1. The lowest BCUT2D eigenvalue weighted by atomic mass is 9.99. The molecule has 1 aliphatic carbocycles. The first-order chi connectivity index (χ1) is 14.6. The van der Waals surface area contributed by atoms with Crippen LogP contribution in [0, 0.1) is 11.8 Å². The Morgan fingerprint density at radius 3 is 2.80 bits per heavy atom. The zero-order chi connectivity index (χ0) is 20.7. The molecule has 2 aliphatic heterocycles. The molecule has 3 atom stereocenters. The van der Waals surface area contributed by atoms with Crippen molar-refractivity contribution in [3.63, 3.8) is 0 Å². The predicted octanol–water partition coefficient (Wildman–Crippen LogP) is 2.43. The molecule has 1 saturated carbocycles. The maximum absolute atomic E-state index is 13.0. The number of aromatic amines is 1. The maximum atomic E-state index is 13.0. The van der Waals surface area contributed by atoms with Crippen LogP contribution < -0.4 is 5.56 Å². The van der Waals surface area contributed by atoms with Crippen molar-refractivity contribution in [2.75, 3.05) is 13.1 Å². The van der Waals surface area contributed by atoms with Crippen molar-refractivity contribution < 1.29 is 4.79 Å². The third-order valence-electron chi connectivity index (χ3n) is 6.85. The van der Waals surface area contributed by atoms with Gasteiger partial charge in [0.1, 0.15) is 5.82 Å². The van der Waals surface area contributed by atoms with Crippen molar-refractivity contribution in [2.24, 2.45) is 11.8 Å². The number of nitrogens with one attached hydrogen (secondary N) is 1. The highest BCUT2D eigenvalue weighted by Crippen LogP contribution is 2.42. The molecule has 1 saturated heterocycles. The van der Waals surface area contributed by atoms with E-state index in [1.807, 2.05) is 29.4 Å². The minimum absolute atomic E-state index is 0.0312. The standard InChI is InChI=1S/C23H29N5O2/c1-15-12-18(15)23(30)28-10-3-2-4-20(28)21-25-19-14-27(11-7-17(19)22(29)26-21)13-16-5-8-24-9-6-16/h5-6,8-9,15,18,20H,2-4,7,10-14H2,1H3,(H,25,26,29). The Morgan fingerprint density at radius 2 is 2.03 bits per heavy atom. The summed E-state index contributed by atoms with van der Waals surface area (Å²) in [5.74, 6) is 1.56. The summed E-state index contributed by atoms with van der Waals surface area (Å²) in [7, 11) is 0. The van der Waals surface area contributed by atoms with Crippen LogP contribution in [-0.2, 0) is 24.3 Å². The second kappa shape index (κ2) is 7.95. The average molecular weight is 408 g/mol. The van der Waals surface area contributed by atoms with Gasteiger partial charge in [0.25, 0.3) is 5.56 Å². The van der Waals surface area contributed by atoms with Gasteiger partial charge in [-0.15, -0.1) is 0 Å². The summed E-state index contributed by atoms with van der Waals surface area (Å²) >= 11 is 0. The molecule has 1 N–H and O–H groups in total. The van der Waals surface area contributed by atoms with Crippen LogP contribution in [0.5, 0.6) is 0 Å². The Morgan fingerprint density at radius 1 is 1.23 bits per heavy atom. The number of hydrogen-bond donors (Lipinski definition) is 1. The molecule has 7 nitrogen and oxygen atoms in total. The van der Waals surface area contributed by atoms with Gasteiger partial charge in [0.2, 0.25) is 5.91 Å². The number of carbonyl (C=O) groups is 1. The summed E-state index contributed by atoms with van der Waals surface area (Å²) in [6, 6.07) is 3.94. The van der Waals surface area contributed by atoms with Gasteiger partial charge in [0, 0.05) is 50.1 Å². The van der Waals surface area contributed by atoms with Gasteiger partial charge < -0.3 is 9.88 Å². The molecule has 0 spiro atoms. The Balaban J connectivity index is 1.39. The molecule has 0 bridgehead atoms. The molecule has 5 rings (SSSR count). The third kappa shape index (κ3) is 3.78. The van der Waals surface area contributed by atoms with E-state index in [-0.39, 0.29) is 23.4 Å². The summed E-state index contributed by atoms with van der Waals surface area (Å²) in [5.41, 5.74) is 2.85. The monoisotopic (exact) mass is 407 g/mol. The molecule has 1 amide bonds. The first-order valence-electron chi connectivity index (χ1n) is 11.1. The largest absolute Gasteiger partial charge is 0.332 e. The first-order valence-corrected chi connectivity index (χ1v) is 11.1. The molecule has 3 aliphatic rings. The third-order valence-corrected chi connectivity index (χ3v) is 6.85. The number of carbonyl (C=O) groups excluding carboxylic acids is 1. The number of nitrogens with zero attached hydrogens (tertiary/aromatic N) is 4. The van der Waals surface area contributed by atoms with Gasteiger partial charge in [-0.3, -0.25) is 19.5 Å². The molecule has 2 aromatic heterocycles. The van der Waals surface area contributed by atoms with Crippen LogP contribution in [0.1, 0.15) is 61.3 Å².